The van der Waals surface area contributed by atoms with Gasteiger partial charge in [0.1, 0.15) is 0 Å². The minimum Gasteiger partial charge on any atom is -0.351 e. The molecular formula is C17H16F2N2O4S. The monoisotopic (exact) mass is 382 g/mol. The van der Waals surface area contributed by atoms with Crippen LogP contribution in [0, 0.1) is 11.6 Å². The number of aromatic nitrogens is 1. The van der Waals surface area contributed by atoms with Gasteiger partial charge < -0.3 is 14.0 Å². The molecule has 0 bridgehead atoms. The molecule has 2 aliphatic heterocycles. The number of anilines is 1. The molecular weight excluding hydrogens is 366 g/mol. The lowest BCUT2D eigenvalue weighted by atomic mass is 9.94. The summed E-state index contributed by atoms with van der Waals surface area (Å²) >= 11 is 1.29. The van der Waals surface area contributed by atoms with Gasteiger partial charge in [-0.15, -0.1) is 0 Å². The van der Waals surface area contributed by atoms with Crippen LogP contribution in [0.25, 0.3) is 11.0 Å². The minimum absolute atomic E-state index is 0.00472. The third kappa shape index (κ3) is 2.37. The van der Waals surface area contributed by atoms with Crippen LogP contribution in [0.1, 0.15) is 37.5 Å². The Morgan fingerprint density at radius 2 is 1.92 bits per heavy atom. The first-order chi connectivity index (χ1) is 12.6. The topological polar surface area (TPSA) is 64.8 Å². The second-order valence-electron chi connectivity index (χ2n) is 6.69. The van der Waals surface area contributed by atoms with Gasteiger partial charge in [-0.05, 0) is 18.9 Å². The number of halogens is 2. The Morgan fingerprint density at radius 1 is 1.15 bits per heavy atom. The maximum atomic E-state index is 14.5. The molecule has 1 amide bonds. The molecule has 2 atom stereocenters. The number of thioether (sulfide) groups is 1. The molecule has 0 spiro atoms. The molecule has 1 aliphatic carbocycles. The van der Waals surface area contributed by atoms with Crippen molar-refractivity contribution in [2.45, 2.75) is 43.3 Å². The predicted molar refractivity (Wildman–Crippen MR) is 90.1 cm³/mol. The Labute approximate surface area is 151 Å². The second kappa shape index (κ2) is 6.17. The number of benzene rings is 1. The fourth-order valence-electron chi connectivity index (χ4n) is 3.98. The lowest BCUT2D eigenvalue weighted by molar-refractivity contribution is -0.0467. The van der Waals surface area contributed by atoms with Gasteiger partial charge in [0.2, 0.25) is 11.4 Å². The van der Waals surface area contributed by atoms with E-state index < -0.39 is 17.9 Å². The molecule has 5 rings (SSSR count). The number of hydrogen-bond donors (Lipinski definition) is 0. The van der Waals surface area contributed by atoms with Gasteiger partial charge in [-0.1, -0.05) is 29.8 Å². The minimum atomic E-state index is -1.14. The highest BCUT2D eigenvalue weighted by molar-refractivity contribution is 8.14. The number of amides is 1. The molecule has 2 saturated heterocycles. The molecule has 3 aliphatic rings. The van der Waals surface area contributed by atoms with Crippen molar-refractivity contribution in [2.24, 2.45) is 0 Å². The summed E-state index contributed by atoms with van der Waals surface area (Å²) < 4.78 is 44.6. The Balaban J connectivity index is 1.63. The zero-order valence-corrected chi connectivity index (χ0v) is 14.6. The van der Waals surface area contributed by atoms with Crippen LogP contribution in [0.5, 0.6) is 0 Å². The Morgan fingerprint density at radius 3 is 2.73 bits per heavy atom. The van der Waals surface area contributed by atoms with Gasteiger partial charge in [0, 0.05) is 10.8 Å². The highest BCUT2D eigenvalue weighted by atomic mass is 32.2. The number of hydrogen-bond acceptors (Lipinski definition) is 6. The number of nitrogens with zero attached hydrogens (tertiary/aromatic N) is 2. The fraction of sp³-hybridized carbons (Fsp3) is 0.529. The maximum Gasteiger partial charge on any atom is 0.287 e. The fourth-order valence-corrected chi connectivity index (χ4v) is 5.27. The smallest absolute Gasteiger partial charge is 0.287 e. The quantitative estimate of drug-likeness (QED) is 0.778. The lowest BCUT2D eigenvalue weighted by Gasteiger charge is -2.28. The number of fused-ring (bicyclic) bond motifs is 2. The largest absolute Gasteiger partial charge is 0.351 e. The van der Waals surface area contributed by atoms with E-state index in [4.69, 9.17) is 14.0 Å². The summed E-state index contributed by atoms with van der Waals surface area (Å²) in [6.07, 6.45) is 2.98. The van der Waals surface area contributed by atoms with Crippen LogP contribution in [0.2, 0.25) is 0 Å². The number of ether oxygens (including phenoxy) is 2. The van der Waals surface area contributed by atoms with Crippen LogP contribution in [-0.2, 0) is 9.47 Å². The summed E-state index contributed by atoms with van der Waals surface area (Å²) in [5.41, 5.74) is -0.340. The summed E-state index contributed by atoms with van der Waals surface area (Å²) in [6.45, 7) is 0.622. The molecule has 3 fully saturated rings. The van der Waals surface area contributed by atoms with Crippen LogP contribution >= 0.6 is 11.8 Å². The van der Waals surface area contributed by atoms with E-state index in [0.29, 0.717) is 13.2 Å². The predicted octanol–water partition coefficient (Wildman–Crippen LogP) is 4.14. The summed E-state index contributed by atoms with van der Waals surface area (Å²) in [5.74, 6) is -1.98. The molecule has 1 aromatic heterocycles. The standard InChI is InChI=1S/C17H16F2N2O4S/c18-12-8(16-23-5-6-24-16)7-9-14(13(12)19)25-20-15(9)21-10-3-1-2-4-11(10)26-17(21)22/h7,10-11,16H,1-6H2/t10-,11?/m0/s1. The van der Waals surface area contributed by atoms with Crippen molar-refractivity contribution in [1.82, 2.24) is 5.16 Å². The summed E-state index contributed by atoms with van der Waals surface area (Å²) in [5, 5.41) is 4.25. The van der Waals surface area contributed by atoms with E-state index in [1.165, 1.54) is 17.8 Å². The van der Waals surface area contributed by atoms with Crippen molar-refractivity contribution in [2.75, 3.05) is 18.1 Å². The molecule has 0 radical (unpaired) electrons. The van der Waals surface area contributed by atoms with E-state index in [2.05, 4.69) is 5.16 Å². The Kier molecular flexibility index (Phi) is 3.91. The number of rotatable bonds is 2. The highest BCUT2D eigenvalue weighted by Gasteiger charge is 2.44. The van der Waals surface area contributed by atoms with E-state index >= 15 is 0 Å². The van der Waals surface area contributed by atoms with Crippen molar-refractivity contribution in [3.63, 3.8) is 0 Å². The second-order valence-corrected chi connectivity index (χ2v) is 7.88. The third-order valence-electron chi connectivity index (χ3n) is 5.21. The van der Waals surface area contributed by atoms with Gasteiger partial charge in [0.25, 0.3) is 5.24 Å². The molecule has 1 saturated carbocycles. The number of carbonyl (C=O) groups is 1. The van der Waals surface area contributed by atoms with Gasteiger partial charge in [0.15, 0.2) is 17.9 Å². The van der Waals surface area contributed by atoms with Crippen molar-refractivity contribution >= 4 is 33.8 Å². The maximum absolute atomic E-state index is 14.5. The average molecular weight is 382 g/mol. The van der Waals surface area contributed by atoms with E-state index in [9.17, 15) is 13.6 Å². The highest BCUT2D eigenvalue weighted by Crippen LogP contribution is 2.45. The van der Waals surface area contributed by atoms with E-state index in [-0.39, 0.29) is 38.9 Å². The van der Waals surface area contributed by atoms with Crippen molar-refractivity contribution in [3.8, 4) is 0 Å². The Hall–Kier alpha value is -1.71. The van der Waals surface area contributed by atoms with Crippen molar-refractivity contribution in [3.05, 3.63) is 23.3 Å². The zero-order chi connectivity index (χ0) is 17.8. The summed E-state index contributed by atoms with van der Waals surface area (Å²) in [4.78, 5) is 14.1. The van der Waals surface area contributed by atoms with Gasteiger partial charge in [0.05, 0.1) is 24.6 Å². The van der Waals surface area contributed by atoms with Crippen LogP contribution < -0.4 is 4.90 Å². The van der Waals surface area contributed by atoms with Crippen molar-refractivity contribution < 1.29 is 27.6 Å². The van der Waals surface area contributed by atoms with Crippen LogP contribution in [0.3, 0.4) is 0 Å². The van der Waals surface area contributed by atoms with Crippen molar-refractivity contribution in [1.29, 1.82) is 0 Å². The van der Waals surface area contributed by atoms with Gasteiger partial charge in [-0.3, -0.25) is 9.69 Å². The van der Waals surface area contributed by atoms with Gasteiger partial charge in [-0.25, -0.2) is 4.39 Å². The first-order valence-electron chi connectivity index (χ1n) is 8.65. The van der Waals surface area contributed by atoms with Gasteiger partial charge in [-0.2, -0.15) is 4.39 Å². The lowest BCUT2D eigenvalue weighted by Crippen LogP contribution is -2.38. The normalized spacial score (nSPS) is 26.8. The number of carbonyl (C=O) groups excluding carboxylic acids is 1. The molecule has 1 unspecified atom stereocenters. The molecule has 1 aromatic carbocycles. The van der Waals surface area contributed by atoms with Crippen LogP contribution in [0.15, 0.2) is 10.6 Å². The zero-order valence-electron chi connectivity index (χ0n) is 13.7. The molecule has 26 heavy (non-hydrogen) atoms. The summed E-state index contributed by atoms with van der Waals surface area (Å²) in [6, 6.07) is 1.43. The van der Waals surface area contributed by atoms with Crippen LogP contribution in [0.4, 0.5) is 19.4 Å². The molecule has 138 valence electrons. The molecule has 6 nitrogen and oxygen atoms in total. The van der Waals surface area contributed by atoms with E-state index in [0.717, 1.165) is 25.7 Å². The SMILES string of the molecule is O=C1SC2CCCC[C@@H]2N1c1noc2c(F)c(F)c(C3OCCO3)cc12. The third-order valence-corrected chi connectivity index (χ3v) is 6.46. The first kappa shape index (κ1) is 16.5. The Bertz CT molecular complexity index is 883. The van der Waals surface area contributed by atoms with E-state index in [1.54, 1.807) is 4.90 Å². The summed E-state index contributed by atoms with van der Waals surface area (Å²) in [7, 11) is 0. The molecule has 2 aromatic rings. The van der Waals surface area contributed by atoms with Crippen LogP contribution in [-0.4, -0.2) is 34.9 Å². The van der Waals surface area contributed by atoms with E-state index in [1.807, 2.05) is 0 Å². The molecule has 9 heteroatoms. The van der Waals surface area contributed by atoms with Gasteiger partial charge >= 0.3 is 0 Å². The molecule has 3 heterocycles. The average Bonchev–Trinajstić information content (AvgIpc) is 3.35. The first-order valence-corrected chi connectivity index (χ1v) is 9.53. The molecule has 0 N–H and O–H groups in total.